The van der Waals surface area contributed by atoms with Crippen LogP contribution in [0.3, 0.4) is 0 Å². The monoisotopic (exact) mass is 291 g/mol. The van der Waals surface area contributed by atoms with Crippen molar-refractivity contribution in [2.24, 2.45) is 0 Å². The van der Waals surface area contributed by atoms with Crippen LogP contribution < -0.4 is 5.73 Å². The SMILES string of the molecule is CC(C)(C)n1c(C2CC2)nc(-c2cc(F)ccc2F)c1N. The molecule has 0 aliphatic heterocycles. The molecule has 1 aliphatic carbocycles. The molecule has 0 radical (unpaired) electrons. The highest BCUT2D eigenvalue weighted by Crippen LogP contribution is 2.44. The highest BCUT2D eigenvalue weighted by atomic mass is 19.1. The van der Waals surface area contributed by atoms with Crippen LogP contribution in [0.1, 0.15) is 45.4 Å². The number of halogens is 2. The number of hydrogen-bond donors (Lipinski definition) is 1. The molecule has 2 aromatic rings. The number of nitrogens with two attached hydrogens (primary N) is 1. The van der Waals surface area contributed by atoms with Crippen LogP contribution in [0.25, 0.3) is 11.3 Å². The first-order valence-corrected chi connectivity index (χ1v) is 7.13. The molecule has 3 nitrogen and oxygen atoms in total. The number of rotatable bonds is 2. The second-order valence-electron chi connectivity index (χ2n) is 6.61. The standard InChI is InChI=1S/C16H19F2N3/c1-16(2,3)21-14(19)13(20-15(21)9-4-5-9)11-8-10(17)6-7-12(11)18/h6-9H,4-5,19H2,1-3H3. The van der Waals surface area contributed by atoms with Gasteiger partial charge in [0.2, 0.25) is 0 Å². The Labute approximate surface area is 122 Å². The minimum atomic E-state index is -0.510. The molecule has 0 unspecified atom stereocenters. The summed E-state index contributed by atoms with van der Waals surface area (Å²) in [5, 5.41) is 0. The van der Waals surface area contributed by atoms with Crippen LogP contribution in [-0.2, 0) is 5.54 Å². The number of benzene rings is 1. The van der Waals surface area contributed by atoms with Gasteiger partial charge in [-0.15, -0.1) is 0 Å². The van der Waals surface area contributed by atoms with Gasteiger partial charge in [0.05, 0.1) is 0 Å². The highest BCUT2D eigenvalue weighted by molar-refractivity contribution is 5.72. The van der Waals surface area contributed by atoms with Crippen molar-refractivity contribution in [2.45, 2.75) is 45.1 Å². The van der Waals surface area contributed by atoms with Crippen molar-refractivity contribution in [1.82, 2.24) is 9.55 Å². The molecule has 21 heavy (non-hydrogen) atoms. The van der Waals surface area contributed by atoms with Crippen LogP contribution in [0.2, 0.25) is 0 Å². The van der Waals surface area contributed by atoms with Crippen molar-refractivity contribution >= 4 is 5.82 Å². The van der Waals surface area contributed by atoms with E-state index in [2.05, 4.69) is 4.98 Å². The first kappa shape index (κ1) is 14.0. The summed E-state index contributed by atoms with van der Waals surface area (Å²) in [6.45, 7) is 6.09. The lowest BCUT2D eigenvalue weighted by Gasteiger charge is -2.25. The molecular weight excluding hydrogens is 272 g/mol. The van der Waals surface area contributed by atoms with Crippen molar-refractivity contribution in [2.75, 3.05) is 5.73 Å². The molecular formula is C16H19F2N3. The maximum atomic E-state index is 14.0. The molecule has 0 bridgehead atoms. The Bertz CT molecular complexity index is 694. The molecule has 1 heterocycles. The third-order valence-corrected chi connectivity index (χ3v) is 3.74. The third kappa shape index (κ3) is 2.41. The van der Waals surface area contributed by atoms with Gasteiger partial charge in [0, 0.05) is 17.0 Å². The van der Waals surface area contributed by atoms with Crippen molar-refractivity contribution < 1.29 is 8.78 Å². The van der Waals surface area contributed by atoms with Gasteiger partial charge in [-0.2, -0.15) is 0 Å². The first-order valence-electron chi connectivity index (χ1n) is 7.13. The first-order chi connectivity index (χ1) is 9.79. The lowest BCUT2D eigenvalue weighted by atomic mass is 10.1. The lowest BCUT2D eigenvalue weighted by Crippen LogP contribution is -2.25. The Balaban J connectivity index is 2.22. The Morgan fingerprint density at radius 2 is 1.90 bits per heavy atom. The van der Waals surface area contributed by atoms with Crippen LogP contribution in [0.5, 0.6) is 0 Å². The van der Waals surface area contributed by atoms with Crippen molar-refractivity contribution in [3.63, 3.8) is 0 Å². The fourth-order valence-electron chi connectivity index (χ4n) is 2.65. The van der Waals surface area contributed by atoms with E-state index in [0.29, 0.717) is 17.4 Å². The van der Waals surface area contributed by atoms with Crippen molar-refractivity contribution in [3.8, 4) is 11.3 Å². The summed E-state index contributed by atoms with van der Waals surface area (Å²) in [5.74, 6) is 0.637. The maximum absolute atomic E-state index is 14.0. The molecule has 1 aromatic heterocycles. The van der Waals surface area contributed by atoms with E-state index in [1.54, 1.807) is 0 Å². The van der Waals surface area contributed by atoms with Crippen LogP contribution in [0.4, 0.5) is 14.6 Å². The molecule has 0 saturated heterocycles. The summed E-state index contributed by atoms with van der Waals surface area (Å²) >= 11 is 0. The van der Waals surface area contributed by atoms with Gasteiger partial charge in [-0.05, 0) is 51.8 Å². The van der Waals surface area contributed by atoms with Crippen LogP contribution in [0, 0.1) is 11.6 Å². The van der Waals surface area contributed by atoms with E-state index in [0.717, 1.165) is 36.9 Å². The maximum Gasteiger partial charge on any atom is 0.132 e. The van der Waals surface area contributed by atoms with E-state index >= 15 is 0 Å². The van der Waals surface area contributed by atoms with Crippen molar-refractivity contribution in [1.29, 1.82) is 0 Å². The fourth-order valence-corrected chi connectivity index (χ4v) is 2.65. The summed E-state index contributed by atoms with van der Waals surface area (Å²) in [7, 11) is 0. The molecule has 0 atom stereocenters. The van der Waals surface area contributed by atoms with Gasteiger partial charge in [-0.3, -0.25) is 0 Å². The van der Waals surface area contributed by atoms with Gasteiger partial charge >= 0.3 is 0 Å². The molecule has 1 aliphatic rings. The minimum absolute atomic E-state index is 0.123. The molecule has 0 spiro atoms. The Kier molecular flexibility index (Phi) is 3.04. The van der Waals surface area contributed by atoms with Gasteiger partial charge in [0.1, 0.15) is 29.0 Å². The number of anilines is 1. The highest BCUT2D eigenvalue weighted by Gasteiger charge is 2.34. The molecule has 2 N–H and O–H groups in total. The van der Waals surface area contributed by atoms with E-state index in [1.807, 2.05) is 25.3 Å². The largest absolute Gasteiger partial charge is 0.383 e. The lowest BCUT2D eigenvalue weighted by molar-refractivity contribution is 0.388. The van der Waals surface area contributed by atoms with Crippen LogP contribution >= 0.6 is 0 Å². The van der Waals surface area contributed by atoms with E-state index in [9.17, 15) is 8.78 Å². The predicted molar refractivity (Wildman–Crippen MR) is 79.0 cm³/mol. The predicted octanol–water partition coefficient (Wildman–Crippen LogP) is 4.04. The number of aromatic nitrogens is 2. The Morgan fingerprint density at radius 3 is 2.48 bits per heavy atom. The van der Waals surface area contributed by atoms with Crippen LogP contribution in [-0.4, -0.2) is 9.55 Å². The molecule has 5 heteroatoms. The summed E-state index contributed by atoms with van der Waals surface area (Å²) in [6, 6.07) is 3.35. The quantitative estimate of drug-likeness (QED) is 0.907. The van der Waals surface area contributed by atoms with Crippen LogP contribution in [0.15, 0.2) is 18.2 Å². The van der Waals surface area contributed by atoms with E-state index in [4.69, 9.17) is 5.73 Å². The smallest absolute Gasteiger partial charge is 0.132 e. The van der Waals surface area contributed by atoms with E-state index < -0.39 is 11.6 Å². The summed E-state index contributed by atoms with van der Waals surface area (Å²) in [6.07, 6.45) is 2.13. The number of imidazole rings is 1. The minimum Gasteiger partial charge on any atom is -0.383 e. The van der Waals surface area contributed by atoms with Gasteiger partial charge in [-0.25, -0.2) is 13.8 Å². The average molecular weight is 291 g/mol. The van der Waals surface area contributed by atoms with E-state index in [-0.39, 0.29) is 11.1 Å². The second-order valence-corrected chi connectivity index (χ2v) is 6.61. The molecule has 3 rings (SSSR count). The number of nitrogens with zero attached hydrogens (tertiary/aromatic N) is 2. The fraction of sp³-hybridized carbons (Fsp3) is 0.438. The Morgan fingerprint density at radius 1 is 1.24 bits per heavy atom. The van der Waals surface area contributed by atoms with Gasteiger partial charge < -0.3 is 10.3 Å². The Hall–Kier alpha value is -1.91. The zero-order valence-corrected chi connectivity index (χ0v) is 12.5. The summed E-state index contributed by atoms with van der Waals surface area (Å²) in [5.41, 5.74) is 6.42. The summed E-state index contributed by atoms with van der Waals surface area (Å²) < 4.78 is 29.4. The van der Waals surface area contributed by atoms with Gasteiger partial charge in [0.25, 0.3) is 0 Å². The number of hydrogen-bond acceptors (Lipinski definition) is 2. The number of nitrogen functional groups attached to an aromatic ring is 1. The molecule has 1 fully saturated rings. The summed E-state index contributed by atoms with van der Waals surface area (Å²) in [4.78, 5) is 4.54. The molecule has 0 amide bonds. The van der Waals surface area contributed by atoms with Gasteiger partial charge in [-0.1, -0.05) is 0 Å². The topological polar surface area (TPSA) is 43.8 Å². The molecule has 1 saturated carbocycles. The molecule has 112 valence electrons. The van der Waals surface area contributed by atoms with E-state index in [1.165, 1.54) is 0 Å². The second kappa shape index (κ2) is 4.55. The van der Waals surface area contributed by atoms with Gasteiger partial charge in [0.15, 0.2) is 0 Å². The molecule has 1 aromatic carbocycles. The zero-order valence-electron chi connectivity index (χ0n) is 12.5. The third-order valence-electron chi connectivity index (χ3n) is 3.74. The average Bonchev–Trinajstić information content (AvgIpc) is 3.15. The van der Waals surface area contributed by atoms with Crippen molar-refractivity contribution in [3.05, 3.63) is 35.7 Å². The normalized spacial score (nSPS) is 15.5. The zero-order chi connectivity index (χ0) is 15.4.